The summed E-state index contributed by atoms with van der Waals surface area (Å²) in [5, 5.41) is -6.22. The van der Waals surface area contributed by atoms with Gasteiger partial charge in [0.2, 0.25) is 0 Å². The van der Waals surface area contributed by atoms with Crippen molar-refractivity contribution in [1.82, 2.24) is 0 Å². The van der Waals surface area contributed by atoms with Gasteiger partial charge in [-0.1, -0.05) is 0 Å². The third-order valence-corrected chi connectivity index (χ3v) is 15.9. The third kappa shape index (κ3) is 3.50. The zero-order valence-electron chi connectivity index (χ0n) is 13.6. The van der Waals surface area contributed by atoms with E-state index in [0.29, 0.717) is 11.6 Å². The molecule has 27 heavy (non-hydrogen) atoms. The van der Waals surface area contributed by atoms with Gasteiger partial charge in [0.25, 0.3) is 0 Å². The molecule has 144 valence electrons. The predicted molar refractivity (Wildman–Crippen MR) is 99.6 cm³/mol. The van der Waals surface area contributed by atoms with E-state index in [-0.39, 0.29) is 16.7 Å². The van der Waals surface area contributed by atoms with Crippen LogP contribution in [0.1, 0.15) is 0 Å². The van der Waals surface area contributed by atoms with Gasteiger partial charge in [-0.05, 0) is 0 Å². The first-order valence-corrected chi connectivity index (χ1v) is 16.1. The van der Waals surface area contributed by atoms with Gasteiger partial charge in [-0.2, -0.15) is 0 Å². The van der Waals surface area contributed by atoms with Gasteiger partial charge in [-0.3, -0.25) is 0 Å². The van der Waals surface area contributed by atoms with Gasteiger partial charge in [0.1, 0.15) is 0 Å². The molecule has 0 radical (unpaired) electrons. The molecule has 0 aliphatic carbocycles. The van der Waals surface area contributed by atoms with Crippen molar-refractivity contribution < 1.29 is 27.7 Å². The molecule has 0 aliphatic heterocycles. The molecule has 3 nitrogen and oxygen atoms in total. The molecule has 0 fully saturated rings. The Morgan fingerprint density at radius 2 is 1.15 bits per heavy atom. The van der Waals surface area contributed by atoms with Crippen LogP contribution in [0.15, 0.2) is 72.8 Å². The van der Waals surface area contributed by atoms with E-state index < -0.39 is 32.0 Å². The summed E-state index contributed by atoms with van der Waals surface area (Å²) in [7, 11) is 0. The number of halogens is 4. The fraction of sp³-hybridized carbons (Fsp3) is 0. The molecule has 0 saturated heterocycles. The van der Waals surface area contributed by atoms with Crippen molar-refractivity contribution >= 4 is 26.2 Å². The van der Waals surface area contributed by atoms with Gasteiger partial charge in [0.15, 0.2) is 0 Å². The molecule has 3 rings (SSSR count). The van der Waals surface area contributed by atoms with E-state index in [9.17, 15) is 8.68 Å². The van der Waals surface area contributed by atoms with Crippen LogP contribution in [0.25, 0.3) is 22.3 Å². The van der Waals surface area contributed by atoms with Gasteiger partial charge in [-0.15, -0.1) is 0 Å². The Morgan fingerprint density at radius 1 is 0.667 bits per heavy atom. The van der Waals surface area contributed by atoms with Crippen LogP contribution >= 0.6 is 5.17 Å². The van der Waals surface area contributed by atoms with E-state index in [4.69, 9.17) is 14.7 Å². The van der Waals surface area contributed by atoms with Crippen molar-refractivity contribution in [3.05, 3.63) is 78.6 Å². The van der Waals surface area contributed by atoms with Crippen molar-refractivity contribution in [2.45, 2.75) is 0 Å². The van der Waals surface area contributed by atoms with Crippen LogP contribution in [0.4, 0.5) is 13.1 Å². The first-order valence-electron chi connectivity index (χ1n) is 7.62. The molecule has 0 heterocycles. The Hall–Kier alpha value is -1.52. The molecule has 0 aromatic heterocycles. The number of hydrogen-bond acceptors (Lipinski definition) is 3. The molecule has 0 amide bonds. The first-order chi connectivity index (χ1) is 12.5. The summed E-state index contributed by atoms with van der Waals surface area (Å²) < 4.78 is 56.7. The molecular formula is C18H15F4O3PTe. The fourth-order valence-corrected chi connectivity index (χ4v) is 8.06. The van der Waals surface area contributed by atoms with E-state index in [1.54, 1.807) is 48.5 Å². The summed E-state index contributed by atoms with van der Waals surface area (Å²) >= 11 is -9.03. The number of hydrogen-bond donors (Lipinski definition) is 3. The zero-order chi connectivity index (χ0) is 19.9. The quantitative estimate of drug-likeness (QED) is 0.276. The Morgan fingerprint density at radius 3 is 1.63 bits per heavy atom. The SMILES string of the molecule is OP(O)(O)=[Te](F)(F)(F)c1ccc(-c2ccccc2)c(-c2ccccc2)c1F. The molecule has 0 saturated carbocycles. The topological polar surface area (TPSA) is 60.7 Å². The monoisotopic (exact) mass is 516 g/mol. The molecule has 3 N–H and O–H groups in total. The minimum absolute atomic E-state index is 0.205. The molecule has 9 heteroatoms. The van der Waals surface area contributed by atoms with Crippen LogP contribution in [0.5, 0.6) is 0 Å². The Balaban J connectivity index is 2.46. The predicted octanol–water partition coefficient (Wildman–Crippen LogP) is 4.40. The summed E-state index contributed by atoms with van der Waals surface area (Å²) in [6, 6.07) is 17.6. The van der Waals surface area contributed by atoms with Crippen LogP contribution in [0, 0.1) is 5.82 Å². The van der Waals surface area contributed by atoms with Crippen molar-refractivity contribution in [1.29, 1.82) is 0 Å². The first kappa shape index (κ1) is 20.2. The summed E-state index contributed by atoms with van der Waals surface area (Å²) in [5.74, 6) is -1.62. The van der Waals surface area contributed by atoms with Gasteiger partial charge in [-0.25, -0.2) is 0 Å². The second-order valence-corrected chi connectivity index (χ2v) is 20.3. The van der Waals surface area contributed by atoms with Crippen molar-refractivity contribution in [2.75, 3.05) is 0 Å². The number of rotatable bonds is 3. The Bertz CT molecular complexity index is 1070. The van der Waals surface area contributed by atoms with Gasteiger partial charge in [0.05, 0.1) is 0 Å². The van der Waals surface area contributed by atoms with Crippen molar-refractivity contribution in [3.63, 3.8) is 0 Å². The normalized spacial score (nSPS) is 13.8. The van der Waals surface area contributed by atoms with Crippen LogP contribution in [-0.2, 0) is 0 Å². The van der Waals surface area contributed by atoms with Gasteiger partial charge >= 0.3 is 155 Å². The van der Waals surface area contributed by atoms with Crippen LogP contribution in [-0.4, -0.2) is 32.1 Å². The van der Waals surface area contributed by atoms with Crippen LogP contribution < -0.4 is 3.61 Å². The second-order valence-electron chi connectivity index (χ2n) is 5.75. The van der Waals surface area contributed by atoms with Crippen LogP contribution in [0.3, 0.4) is 0 Å². The van der Waals surface area contributed by atoms with Gasteiger partial charge in [0, 0.05) is 0 Å². The second kappa shape index (κ2) is 6.82. The minimum atomic E-state index is -9.03. The summed E-state index contributed by atoms with van der Waals surface area (Å²) in [6.07, 6.45) is 0. The molecule has 0 bridgehead atoms. The molecule has 0 aliphatic rings. The zero-order valence-corrected chi connectivity index (χ0v) is 16.9. The van der Waals surface area contributed by atoms with E-state index in [0.717, 1.165) is 6.07 Å². The third-order valence-electron chi connectivity index (χ3n) is 4.00. The Labute approximate surface area is 154 Å². The van der Waals surface area contributed by atoms with E-state index in [1.165, 1.54) is 12.1 Å². The molecule has 0 spiro atoms. The van der Waals surface area contributed by atoms with Crippen molar-refractivity contribution in [2.24, 2.45) is 0 Å². The average molecular weight is 514 g/mol. The average Bonchev–Trinajstić information content (AvgIpc) is 2.61. The fourth-order valence-electron chi connectivity index (χ4n) is 2.68. The molecule has 3 aromatic carbocycles. The molecule has 0 unspecified atom stereocenters. The van der Waals surface area contributed by atoms with E-state index in [1.807, 2.05) is 0 Å². The van der Waals surface area contributed by atoms with E-state index >= 15 is 4.39 Å². The molecular weight excluding hydrogens is 499 g/mol. The standard InChI is InChI=1S/C18H15F4O3PTe/c19-18-16(27(20,21,22)26(23,24)25)12-11-15(13-7-3-1-4-8-13)17(18)14-9-5-2-6-10-14/h1-12,23-25H. The maximum atomic E-state index is 15.2. The summed E-state index contributed by atoms with van der Waals surface area (Å²) in [5.41, 5.74) is 0.626. The van der Waals surface area contributed by atoms with Crippen LogP contribution in [0.2, 0.25) is 0 Å². The number of benzene rings is 3. The Kier molecular flexibility index (Phi) is 5.11. The molecule has 3 aromatic rings. The van der Waals surface area contributed by atoms with Crippen molar-refractivity contribution in [3.8, 4) is 22.3 Å². The summed E-state index contributed by atoms with van der Waals surface area (Å²) in [6.45, 7) is 0. The summed E-state index contributed by atoms with van der Waals surface area (Å²) in [4.78, 5) is 27.1. The molecule has 0 atom stereocenters. The maximum absolute atomic E-state index is 15.2. The van der Waals surface area contributed by atoms with Gasteiger partial charge < -0.3 is 0 Å². The van der Waals surface area contributed by atoms with E-state index in [2.05, 4.69) is 0 Å².